The van der Waals surface area contributed by atoms with E-state index < -0.39 is 29.5 Å². The van der Waals surface area contributed by atoms with Crippen LogP contribution in [0, 0.1) is 13.8 Å². The van der Waals surface area contributed by atoms with Crippen molar-refractivity contribution in [2.75, 3.05) is 27.0 Å². The first-order valence-electron chi connectivity index (χ1n) is 18.9. The van der Waals surface area contributed by atoms with E-state index in [0.29, 0.717) is 45.4 Å². The molecule has 24 heteroatoms. The molecule has 0 aliphatic rings. The summed E-state index contributed by atoms with van der Waals surface area (Å²) in [5.74, 6) is 1.17. The van der Waals surface area contributed by atoms with Crippen molar-refractivity contribution in [2.24, 2.45) is 19.1 Å². The molecule has 0 saturated carbocycles. The van der Waals surface area contributed by atoms with Crippen LogP contribution < -0.4 is 27.0 Å². The van der Waals surface area contributed by atoms with Gasteiger partial charge in [0.25, 0.3) is 0 Å². The monoisotopic (exact) mass is 950 g/mol. The van der Waals surface area contributed by atoms with E-state index in [1.54, 1.807) is 47.0 Å². The van der Waals surface area contributed by atoms with Gasteiger partial charge in [0.05, 0.1) is 27.6 Å². The Morgan fingerprint density at radius 1 is 0.682 bits per heavy atom. The highest BCUT2D eigenvalue weighted by molar-refractivity contribution is 6.28. The summed E-state index contributed by atoms with van der Waals surface area (Å²) in [4.78, 5) is 41.5. The number of carbonyl (C=O) groups is 1. The van der Waals surface area contributed by atoms with Gasteiger partial charge < -0.3 is 27.0 Å². The molecular formula is C42H34Cl2F6N14O2. The third kappa shape index (κ3) is 12.0. The lowest BCUT2D eigenvalue weighted by Gasteiger charge is -2.13. The van der Waals surface area contributed by atoms with Crippen LogP contribution in [0.4, 0.5) is 76.9 Å². The zero-order chi connectivity index (χ0) is 47.9. The molecule has 16 nitrogen and oxygen atoms in total. The Labute approximate surface area is 379 Å². The molecule has 8 rings (SSSR count). The number of carbonyl (C=O) groups excluding carboxylic acids is 2. The lowest BCUT2D eigenvalue weighted by atomic mass is 10.1. The van der Waals surface area contributed by atoms with Crippen molar-refractivity contribution in [1.29, 1.82) is 0 Å². The molecule has 0 atom stereocenters. The van der Waals surface area contributed by atoms with Gasteiger partial charge in [-0.25, -0.2) is 28.9 Å². The Morgan fingerprint density at radius 2 is 1.17 bits per heavy atom. The molecule has 0 saturated heterocycles. The van der Waals surface area contributed by atoms with Crippen LogP contribution >= 0.6 is 23.2 Å². The quantitative estimate of drug-likeness (QED) is 0.0334. The molecule has 2 amide bonds. The van der Waals surface area contributed by atoms with E-state index in [4.69, 9.17) is 28.9 Å². The number of benzene rings is 4. The fourth-order valence-electron chi connectivity index (χ4n) is 5.95. The number of rotatable bonds is 7. The van der Waals surface area contributed by atoms with Crippen LogP contribution in [0.1, 0.15) is 22.3 Å². The molecule has 0 radical (unpaired) electrons. The van der Waals surface area contributed by atoms with Crippen LogP contribution in [0.5, 0.6) is 0 Å². The minimum Gasteiger partial charge on any atom is -0.399 e. The van der Waals surface area contributed by atoms with Crippen molar-refractivity contribution in [3.8, 4) is 0 Å². The van der Waals surface area contributed by atoms with E-state index >= 15 is 0 Å². The number of halogens is 8. The smallest absolute Gasteiger partial charge is 0.399 e. The van der Waals surface area contributed by atoms with Crippen LogP contribution in [0.3, 0.4) is 0 Å². The molecule has 0 spiro atoms. The van der Waals surface area contributed by atoms with E-state index in [-0.39, 0.29) is 21.9 Å². The highest BCUT2D eigenvalue weighted by atomic mass is 35.5. The molecule has 8 aromatic rings. The van der Waals surface area contributed by atoms with E-state index in [1.807, 2.05) is 39.1 Å². The molecule has 66 heavy (non-hydrogen) atoms. The number of aromatic nitrogens is 8. The van der Waals surface area contributed by atoms with E-state index in [1.165, 1.54) is 30.3 Å². The summed E-state index contributed by atoms with van der Waals surface area (Å²) >= 11 is 11.7. The Morgan fingerprint density at radius 3 is 1.70 bits per heavy atom. The van der Waals surface area contributed by atoms with Gasteiger partial charge in [0, 0.05) is 54.9 Å². The van der Waals surface area contributed by atoms with Gasteiger partial charge in [-0.2, -0.15) is 51.5 Å². The van der Waals surface area contributed by atoms with Crippen LogP contribution in [-0.2, 0) is 31.2 Å². The lowest BCUT2D eigenvalue weighted by molar-refractivity contribution is -0.138. The Bertz CT molecular complexity index is 3120. The van der Waals surface area contributed by atoms with Crippen molar-refractivity contribution in [3.63, 3.8) is 0 Å². The maximum Gasteiger partial charge on any atom is 0.416 e. The molecule has 0 aliphatic carbocycles. The molecule has 4 heterocycles. The predicted octanol–water partition coefficient (Wildman–Crippen LogP) is 11.1. The van der Waals surface area contributed by atoms with Gasteiger partial charge in [-0.05, 0) is 109 Å². The predicted molar refractivity (Wildman–Crippen MR) is 239 cm³/mol. The van der Waals surface area contributed by atoms with Crippen molar-refractivity contribution in [1.82, 2.24) is 39.5 Å². The summed E-state index contributed by atoms with van der Waals surface area (Å²) in [5, 5.41) is 22.0. The number of nitrogens with two attached hydrogens (primary N) is 1. The molecular weight excluding hydrogens is 917 g/mol. The van der Waals surface area contributed by atoms with Gasteiger partial charge in [0.15, 0.2) is 22.9 Å². The second kappa shape index (κ2) is 19.9. The van der Waals surface area contributed by atoms with Gasteiger partial charge in [-0.15, -0.1) is 0 Å². The maximum atomic E-state index is 12.9. The molecule has 6 N–H and O–H groups in total. The van der Waals surface area contributed by atoms with Crippen LogP contribution in [0.15, 0.2) is 102 Å². The summed E-state index contributed by atoms with van der Waals surface area (Å²) in [7, 11) is 3.53. The first kappa shape index (κ1) is 47.7. The van der Waals surface area contributed by atoms with Gasteiger partial charge in [-0.3, -0.25) is 0 Å². The number of nitrogens with zero attached hydrogens (tertiary/aromatic N) is 9. The minimum atomic E-state index is -4.50. The number of hydrogen-bond acceptors (Lipinski definition) is 12. The third-order valence-electron chi connectivity index (χ3n) is 9.16. The number of isocyanates is 1. The fourth-order valence-corrected chi connectivity index (χ4v) is 6.21. The average Bonchev–Trinajstić information content (AvgIpc) is 3.73. The number of urea groups is 1. The minimum absolute atomic E-state index is 0.0198. The maximum absolute atomic E-state index is 12.9. The van der Waals surface area contributed by atoms with Crippen molar-refractivity contribution in [3.05, 3.63) is 130 Å². The number of nitrogens with one attached hydrogen (secondary N) is 4. The summed E-state index contributed by atoms with van der Waals surface area (Å²) in [6, 6.07) is 18.7. The van der Waals surface area contributed by atoms with Crippen LogP contribution in [0.25, 0.3) is 22.1 Å². The van der Waals surface area contributed by atoms with Gasteiger partial charge in [0.1, 0.15) is 0 Å². The van der Waals surface area contributed by atoms with Gasteiger partial charge in [0.2, 0.25) is 16.6 Å². The molecule has 0 fully saturated rings. The van der Waals surface area contributed by atoms with Gasteiger partial charge >= 0.3 is 18.4 Å². The molecule has 0 unspecified atom stereocenters. The van der Waals surface area contributed by atoms with E-state index in [0.717, 1.165) is 46.5 Å². The molecule has 0 bridgehead atoms. The Hall–Kier alpha value is -7.81. The second-order valence-electron chi connectivity index (χ2n) is 14.0. The number of hydrogen-bond donors (Lipinski definition) is 5. The third-order valence-corrected chi connectivity index (χ3v) is 9.53. The van der Waals surface area contributed by atoms with Crippen molar-refractivity contribution >= 4 is 103 Å². The molecule has 340 valence electrons. The summed E-state index contributed by atoms with van der Waals surface area (Å²) in [6.07, 6.45) is -4.53. The summed E-state index contributed by atoms with van der Waals surface area (Å²) < 4.78 is 78.1. The van der Waals surface area contributed by atoms with Crippen LogP contribution in [0.2, 0.25) is 10.6 Å². The average molecular weight is 952 g/mol. The number of amides is 2. The fraction of sp³-hybridized carbons (Fsp3) is 0.143. The summed E-state index contributed by atoms with van der Waals surface area (Å²) in [6.45, 7) is 3.87. The number of nitrogen functional groups attached to an aromatic ring is 1. The zero-order valence-electron chi connectivity index (χ0n) is 34.7. The Kier molecular flexibility index (Phi) is 14.4. The van der Waals surface area contributed by atoms with Crippen LogP contribution in [-0.4, -0.2) is 51.6 Å². The lowest BCUT2D eigenvalue weighted by Crippen LogP contribution is -2.20. The Balaban J connectivity index is 0.000000184. The number of alkyl halides is 6. The largest absolute Gasteiger partial charge is 0.416 e. The number of aliphatic imine (C=N–C) groups is 1. The van der Waals surface area contributed by atoms with Crippen molar-refractivity contribution < 1.29 is 35.9 Å². The second-order valence-corrected chi connectivity index (χ2v) is 14.6. The van der Waals surface area contributed by atoms with Crippen molar-refractivity contribution in [2.45, 2.75) is 26.2 Å². The van der Waals surface area contributed by atoms with Gasteiger partial charge in [-0.1, -0.05) is 24.3 Å². The topological polar surface area (TPSA) is 208 Å². The first-order valence-corrected chi connectivity index (χ1v) is 19.7. The zero-order valence-corrected chi connectivity index (χ0v) is 36.2. The summed E-state index contributed by atoms with van der Waals surface area (Å²) in [5.41, 5.74) is 9.94. The standard InChI is InChI=1S/C21H17ClF3N7O.C13H13ClN6.C8H4F3NO/c1-11-6-7-14(28-20(33)27-13-5-3-4-12(8-13)21(23,24)25)9-16(11)29-17-15-10-26-19(22)30-18(15)32(2)31-17;1-7-3-4-8(15)5-10(7)17-11-9-6-16-13(14)18-12(9)20(2)19-11;9-8(10,11)6-2-1-3-7(4-6)12-5-13/h3-10H,1-2H3,(H,29,31)(H2,27,28,33);3-6H,15H2,1-2H3,(H,17,19);1-4H. The highest BCUT2D eigenvalue weighted by Crippen LogP contribution is 2.33. The first-order chi connectivity index (χ1) is 31.2. The highest BCUT2D eigenvalue weighted by Gasteiger charge is 2.31. The number of fused-ring (bicyclic) bond motifs is 2. The molecule has 0 aliphatic heterocycles. The SMILES string of the molecule is Cc1ccc(N)cc1Nc1nn(C)c2nc(Cl)ncc12.Cc1ccc(NC(=O)Nc2cccc(C(F)(F)F)c2)cc1Nc1nn(C)c2nc(Cl)ncc12.O=C=Nc1cccc(C(F)(F)F)c1. The molecule has 4 aromatic carbocycles. The number of aryl methyl sites for hydroxylation is 4. The molecule has 4 aromatic heterocycles. The number of anilines is 7. The normalized spacial score (nSPS) is 11.2. The van der Waals surface area contributed by atoms with E-state index in [9.17, 15) is 35.9 Å². The van der Waals surface area contributed by atoms with E-state index in [2.05, 4.69) is 56.4 Å².